The fourth-order valence-corrected chi connectivity index (χ4v) is 7.97. The Labute approximate surface area is 310 Å². The van der Waals surface area contributed by atoms with Gasteiger partial charge in [0.05, 0.1) is 33.3 Å². The molecule has 0 aliphatic heterocycles. The molecule has 0 spiro atoms. The zero-order valence-electron chi connectivity index (χ0n) is 29.0. The standard InChI is InChI=1S/C48H30N6/c1-4-17-32(18-5-1)46-50-47(33-19-6-2-7-20-33)52-48(51-46)54-41-26-14-11-23-35(41)37-30-38(40-29-28-31-16-10-13-25-39(31)49-40)43-36-24-12-15-27-42(36)53(45(43)44(37)54)34-21-8-3-9-22-34/h1-30H. The van der Waals surface area contributed by atoms with Crippen LogP contribution in [0.5, 0.6) is 0 Å². The Hall–Kier alpha value is -7.44. The van der Waals surface area contributed by atoms with E-state index in [1.165, 1.54) is 0 Å². The van der Waals surface area contributed by atoms with Crippen LogP contribution < -0.4 is 0 Å². The summed E-state index contributed by atoms with van der Waals surface area (Å²) < 4.78 is 4.63. The lowest BCUT2D eigenvalue weighted by Gasteiger charge is -2.14. The van der Waals surface area contributed by atoms with Crippen molar-refractivity contribution in [3.8, 4) is 45.7 Å². The molecule has 0 fully saturated rings. The number of rotatable bonds is 5. The van der Waals surface area contributed by atoms with Gasteiger partial charge in [0.15, 0.2) is 11.6 Å². The summed E-state index contributed by atoms with van der Waals surface area (Å²) in [6, 6.07) is 63.1. The molecule has 0 aliphatic carbocycles. The van der Waals surface area contributed by atoms with E-state index in [9.17, 15) is 0 Å². The van der Waals surface area contributed by atoms with Crippen molar-refractivity contribution in [2.45, 2.75) is 0 Å². The van der Waals surface area contributed by atoms with Crippen molar-refractivity contribution in [3.63, 3.8) is 0 Å². The lowest BCUT2D eigenvalue weighted by molar-refractivity contribution is 0.953. The summed E-state index contributed by atoms with van der Waals surface area (Å²) in [5.41, 5.74) is 10.1. The Morgan fingerprint density at radius 3 is 1.67 bits per heavy atom. The van der Waals surface area contributed by atoms with Gasteiger partial charge >= 0.3 is 0 Å². The molecular weight excluding hydrogens is 661 g/mol. The summed E-state index contributed by atoms with van der Waals surface area (Å²) in [5, 5.41) is 5.57. The summed E-state index contributed by atoms with van der Waals surface area (Å²) in [7, 11) is 0. The Kier molecular flexibility index (Phi) is 6.75. The number of nitrogens with zero attached hydrogens (tertiary/aromatic N) is 6. The van der Waals surface area contributed by atoms with E-state index in [0.29, 0.717) is 17.6 Å². The molecule has 0 aliphatic rings. The third-order valence-electron chi connectivity index (χ3n) is 10.3. The summed E-state index contributed by atoms with van der Waals surface area (Å²) in [6.07, 6.45) is 0. The van der Waals surface area contributed by atoms with Crippen LogP contribution in [-0.2, 0) is 0 Å². The van der Waals surface area contributed by atoms with Crippen molar-refractivity contribution in [1.82, 2.24) is 29.1 Å². The van der Waals surface area contributed by atoms with Crippen molar-refractivity contribution in [2.24, 2.45) is 0 Å². The van der Waals surface area contributed by atoms with E-state index >= 15 is 0 Å². The predicted molar refractivity (Wildman–Crippen MR) is 220 cm³/mol. The van der Waals surface area contributed by atoms with Crippen LogP contribution in [0.1, 0.15) is 0 Å². The molecular formula is C48H30N6. The summed E-state index contributed by atoms with van der Waals surface area (Å²) in [6.45, 7) is 0. The normalized spacial score (nSPS) is 11.7. The number of hydrogen-bond acceptors (Lipinski definition) is 4. The molecule has 0 saturated heterocycles. The molecule has 4 heterocycles. The first kappa shape index (κ1) is 30.2. The zero-order valence-corrected chi connectivity index (χ0v) is 29.0. The van der Waals surface area contributed by atoms with Crippen LogP contribution in [0.3, 0.4) is 0 Å². The van der Waals surface area contributed by atoms with E-state index in [4.69, 9.17) is 19.9 Å². The lowest BCUT2D eigenvalue weighted by Crippen LogP contribution is -2.07. The molecule has 0 N–H and O–H groups in total. The second-order valence-electron chi connectivity index (χ2n) is 13.5. The molecule has 7 aromatic carbocycles. The Bertz CT molecular complexity index is 3140. The minimum Gasteiger partial charge on any atom is -0.307 e. The molecule has 4 aromatic heterocycles. The van der Waals surface area contributed by atoms with Crippen molar-refractivity contribution in [1.29, 1.82) is 0 Å². The first-order valence-corrected chi connectivity index (χ1v) is 18.1. The van der Waals surface area contributed by atoms with Gasteiger partial charge in [-0.25, -0.2) is 9.97 Å². The fourth-order valence-electron chi connectivity index (χ4n) is 7.97. The average Bonchev–Trinajstić information content (AvgIpc) is 3.77. The van der Waals surface area contributed by atoms with Gasteiger partial charge in [-0.05, 0) is 42.5 Å². The van der Waals surface area contributed by atoms with E-state index in [1.54, 1.807) is 0 Å². The quantitative estimate of drug-likeness (QED) is 0.180. The monoisotopic (exact) mass is 690 g/mol. The molecule has 252 valence electrons. The van der Waals surface area contributed by atoms with Crippen LogP contribution in [0.2, 0.25) is 0 Å². The number of benzene rings is 7. The Morgan fingerprint density at radius 2 is 0.963 bits per heavy atom. The maximum absolute atomic E-state index is 5.28. The molecule has 0 amide bonds. The molecule has 0 radical (unpaired) electrons. The van der Waals surface area contributed by atoms with Gasteiger partial charge in [-0.1, -0.05) is 140 Å². The van der Waals surface area contributed by atoms with Crippen LogP contribution in [-0.4, -0.2) is 29.1 Å². The largest absolute Gasteiger partial charge is 0.307 e. The number of fused-ring (bicyclic) bond motifs is 8. The highest BCUT2D eigenvalue weighted by Gasteiger charge is 2.26. The average molecular weight is 691 g/mol. The number of hydrogen-bond donors (Lipinski definition) is 0. The van der Waals surface area contributed by atoms with Crippen molar-refractivity contribution in [2.75, 3.05) is 0 Å². The van der Waals surface area contributed by atoms with Crippen molar-refractivity contribution in [3.05, 3.63) is 182 Å². The van der Waals surface area contributed by atoms with E-state index in [1.807, 2.05) is 60.7 Å². The maximum atomic E-state index is 5.28. The second-order valence-corrected chi connectivity index (χ2v) is 13.5. The summed E-state index contributed by atoms with van der Waals surface area (Å²) in [4.78, 5) is 20.9. The van der Waals surface area contributed by atoms with E-state index in [-0.39, 0.29) is 0 Å². The fraction of sp³-hybridized carbons (Fsp3) is 0. The van der Waals surface area contributed by atoms with E-state index in [2.05, 4.69) is 130 Å². The SMILES string of the molecule is c1ccc(-c2nc(-c3ccccc3)nc(-n3c4ccccc4c4cc(-c5ccc6ccccc6n5)c5c6ccccc6n(-c6ccccc6)c5c43)n2)cc1. The highest BCUT2D eigenvalue weighted by molar-refractivity contribution is 6.28. The Balaban J connectivity index is 1.35. The third kappa shape index (κ3) is 4.67. The van der Waals surface area contributed by atoms with Crippen LogP contribution in [0.4, 0.5) is 0 Å². The number of para-hydroxylation sites is 4. The van der Waals surface area contributed by atoms with Gasteiger partial charge in [-0.15, -0.1) is 0 Å². The lowest BCUT2D eigenvalue weighted by atomic mass is 9.99. The zero-order chi connectivity index (χ0) is 35.6. The molecule has 6 heteroatoms. The molecule has 0 saturated carbocycles. The van der Waals surface area contributed by atoms with Gasteiger partial charge < -0.3 is 4.57 Å². The van der Waals surface area contributed by atoms with Crippen LogP contribution in [0, 0.1) is 0 Å². The topological polar surface area (TPSA) is 61.4 Å². The molecule has 0 bridgehead atoms. The predicted octanol–water partition coefficient (Wildman–Crippen LogP) is 11.6. The Morgan fingerprint density at radius 1 is 0.389 bits per heavy atom. The maximum Gasteiger partial charge on any atom is 0.238 e. The van der Waals surface area contributed by atoms with Crippen LogP contribution in [0.15, 0.2) is 182 Å². The van der Waals surface area contributed by atoms with Gasteiger partial charge in [0.2, 0.25) is 5.95 Å². The van der Waals surface area contributed by atoms with Crippen LogP contribution in [0.25, 0.3) is 100 Å². The van der Waals surface area contributed by atoms with Gasteiger partial charge in [-0.3, -0.25) is 4.57 Å². The highest BCUT2D eigenvalue weighted by Crippen LogP contribution is 2.46. The van der Waals surface area contributed by atoms with Gasteiger partial charge in [0, 0.05) is 49.3 Å². The first-order valence-electron chi connectivity index (χ1n) is 18.1. The van der Waals surface area contributed by atoms with Gasteiger partial charge in [0.25, 0.3) is 0 Å². The second kappa shape index (κ2) is 12.1. The molecule has 11 aromatic rings. The van der Waals surface area contributed by atoms with Crippen molar-refractivity contribution >= 4 is 54.5 Å². The van der Waals surface area contributed by atoms with Crippen LogP contribution >= 0.6 is 0 Å². The minimum absolute atomic E-state index is 0.552. The van der Waals surface area contributed by atoms with E-state index in [0.717, 1.165) is 82.6 Å². The third-order valence-corrected chi connectivity index (χ3v) is 10.3. The highest BCUT2D eigenvalue weighted by atomic mass is 15.2. The molecule has 0 atom stereocenters. The van der Waals surface area contributed by atoms with Crippen molar-refractivity contribution < 1.29 is 0 Å². The summed E-state index contributed by atoms with van der Waals surface area (Å²) >= 11 is 0. The number of pyridine rings is 1. The smallest absolute Gasteiger partial charge is 0.238 e. The van der Waals surface area contributed by atoms with E-state index < -0.39 is 0 Å². The minimum atomic E-state index is 0.552. The molecule has 0 unspecified atom stereocenters. The molecule has 11 rings (SSSR count). The molecule has 6 nitrogen and oxygen atoms in total. The summed E-state index contributed by atoms with van der Waals surface area (Å²) in [5.74, 6) is 1.78. The number of aromatic nitrogens is 6. The van der Waals surface area contributed by atoms with Gasteiger partial charge in [-0.2, -0.15) is 9.97 Å². The first-order chi connectivity index (χ1) is 26.8. The van der Waals surface area contributed by atoms with Gasteiger partial charge in [0.1, 0.15) is 0 Å². The molecule has 54 heavy (non-hydrogen) atoms.